The molecule has 0 spiro atoms. The van der Waals surface area contributed by atoms with Crippen molar-refractivity contribution in [2.24, 2.45) is 5.92 Å². The Morgan fingerprint density at radius 3 is 2.88 bits per heavy atom. The number of halogens is 1. The van der Waals surface area contributed by atoms with Crippen molar-refractivity contribution in [2.75, 3.05) is 13.6 Å². The second-order valence-electron chi connectivity index (χ2n) is 6.35. The number of aliphatic hydroxyl groups excluding tert-OH is 1. The Balaban J connectivity index is 1.70. The van der Waals surface area contributed by atoms with Crippen molar-refractivity contribution in [1.29, 1.82) is 0 Å². The smallest absolute Gasteiger partial charge is 0.275 e. The minimum absolute atomic E-state index is 0.0886. The zero-order valence-electron chi connectivity index (χ0n) is 13.6. The maximum Gasteiger partial charge on any atom is 0.275 e. The molecule has 24 heavy (non-hydrogen) atoms. The number of carbonyl (C=O) groups excluding carboxylic acids is 1. The molecule has 0 saturated heterocycles. The third-order valence-corrected chi connectivity index (χ3v) is 4.59. The molecule has 2 unspecified atom stereocenters. The third kappa shape index (κ3) is 3.48. The van der Waals surface area contributed by atoms with Crippen LogP contribution in [0.4, 0.5) is 4.39 Å². The Bertz CT molecular complexity index is 716. The van der Waals surface area contributed by atoms with E-state index < -0.39 is 5.82 Å². The molecule has 0 aliphatic heterocycles. The first-order valence-electron chi connectivity index (χ1n) is 8.21. The Morgan fingerprint density at radius 2 is 2.12 bits per heavy atom. The van der Waals surface area contributed by atoms with Crippen molar-refractivity contribution >= 4 is 5.91 Å². The summed E-state index contributed by atoms with van der Waals surface area (Å²) in [4.78, 5) is 14.0. The summed E-state index contributed by atoms with van der Waals surface area (Å²) in [6, 6.07) is 7.64. The normalized spacial score (nSPS) is 20.8. The zero-order chi connectivity index (χ0) is 17.1. The molecule has 1 aliphatic carbocycles. The van der Waals surface area contributed by atoms with Crippen molar-refractivity contribution in [2.45, 2.75) is 31.8 Å². The third-order valence-electron chi connectivity index (χ3n) is 4.59. The molecule has 1 amide bonds. The van der Waals surface area contributed by atoms with Gasteiger partial charge in [0, 0.05) is 25.6 Å². The van der Waals surface area contributed by atoms with Crippen LogP contribution in [0.1, 0.15) is 36.2 Å². The fourth-order valence-electron chi connectivity index (χ4n) is 3.20. The summed E-state index contributed by atoms with van der Waals surface area (Å²) in [5.41, 5.74) is 0.412. The first-order chi connectivity index (χ1) is 11.6. The van der Waals surface area contributed by atoms with E-state index >= 15 is 0 Å². The van der Waals surface area contributed by atoms with Crippen LogP contribution in [0.5, 0.6) is 0 Å². The highest BCUT2D eigenvalue weighted by Crippen LogP contribution is 2.26. The van der Waals surface area contributed by atoms with Gasteiger partial charge < -0.3 is 14.5 Å². The van der Waals surface area contributed by atoms with Gasteiger partial charge in [0.15, 0.2) is 11.5 Å². The first kappa shape index (κ1) is 16.6. The summed E-state index contributed by atoms with van der Waals surface area (Å²) in [6.07, 6.45) is 3.45. The Kier molecular flexibility index (Phi) is 4.94. The van der Waals surface area contributed by atoms with Crippen LogP contribution in [-0.2, 0) is 0 Å². The highest BCUT2D eigenvalue weighted by atomic mass is 19.1. The molecular formula is C18H21FN2O3. The van der Waals surface area contributed by atoms with E-state index in [2.05, 4.69) is 5.16 Å². The molecule has 5 nitrogen and oxygen atoms in total. The van der Waals surface area contributed by atoms with Crippen LogP contribution < -0.4 is 0 Å². The van der Waals surface area contributed by atoms with Gasteiger partial charge in [0.25, 0.3) is 5.91 Å². The number of hydrogen-bond donors (Lipinski definition) is 1. The molecule has 3 rings (SSSR count). The number of carbonyl (C=O) groups is 1. The van der Waals surface area contributed by atoms with Gasteiger partial charge in [0.05, 0.1) is 11.7 Å². The van der Waals surface area contributed by atoms with Gasteiger partial charge in [-0.15, -0.1) is 0 Å². The second kappa shape index (κ2) is 7.13. The number of rotatable bonds is 4. The molecule has 1 saturated carbocycles. The van der Waals surface area contributed by atoms with Crippen LogP contribution in [0.3, 0.4) is 0 Å². The number of hydrogen-bond acceptors (Lipinski definition) is 4. The number of aromatic nitrogens is 1. The molecule has 1 heterocycles. The highest BCUT2D eigenvalue weighted by Gasteiger charge is 2.27. The fourth-order valence-corrected chi connectivity index (χ4v) is 3.20. The van der Waals surface area contributed by atoms with Gasteiger partial charge in [-0.1, -0.05) is 30.1 Å². The fraction of sp³-hybridized carbons (Fsp3) is 0.444. The summed E-state index contributed by atoms with van der Waals surface area (Å²) < 4.78 is 18.9. The number of nitrogens with zero attached hydrogens (tertiary/aromatic N) is 2. The average molecular weight is 332 g/mol. The summed E-state index contributed by atoms with van der Waals surface area (Å²) >= 11 is 0. The maximum atomic E-state index is 13.8. The lowest BCUT2D eigenvalue weighted by atomic mass is 9.86. The monoisotopic (exact) mass is 332 g/mol. The van der Waals surface area contributed by atoms with Gasteiger partial charge in [0.1, 0.15) is 5.82 Å². The average Bonchev–Trinajstić information content (AvgIpc) is 3.06. The van der Waals surface area contributed by atoms with Crippen LogP contribution in [0.2, 0.25) is 0 Å². The van der Waals surface area contributed by atoms with E-state index in [-0.39, 0.29) is 34.9 Å². The summed E-state index contributed by atoms with van der Waals surface area (Å²) in [7, 11) is 1.68. The largest absolute Gasteiger partial charge is 0.393 e. The summed E-state index contributed by atoms with van der Waals surface area (Å²) in [5, 5.41) is 13.8. The molecule has 128 valence electrons. The van der Waals surface area contributed by atoms with Gasteiger partial charge in [-0.2, -0.15) is 0 Å². The molecular weight excluding hydrogens is 311 g/mol. The van der Waals surface area contributed by atoms with E-state index in [1.165, 1.54) is 12.1 Å². The molecule has 1 aromatic heterocycles. The van der Waals surface area contributed by atoms with Crippen LogP contribution in [0, 0.1) is 11.7 Å². The SMILES string of the molecule is CN(CC1CCCCC1O)C(=O)c1cc(-c2ccccc2F)on1. The predicted molar refractivity (Wildman–Crippen MR) is 86.8 cm³/mol. The van der Waals surface area contributed by atoms with Gasteiger partial charge in [0.2, 0.25) is 0 Å². The van der Waals surface area contributed by atoms with E-state index in [1.54, 1.807) is 30.1 Å². The molecule has 1 aromatic carbocycles. The molecule has 6 heteroatoms. The Hall–Kier alpha value is -2.21. The van der Waals surface area contributed by atoms with Crippen molar-refractivity contribution in [3.05, 3.63) is 41.8 Å². The molecule has 2 atom stereocenters. The number of aliphatic hydroxyl groups is 1. The molecule has 1 aliphatic rings. The van der Waals surface area contributed by atoms with Gasteiger partial charge in [-0.3, -0.25) is 4.79 Å². The Labute approximate surface area is 140 Å². The topological polar surface area (TPSA) is 66.6 Å². The van der Waals surface area contributed by atoms with Crippen LogP contribution in [-0.4, -0.2) is 40.8 Å². The summed E-state index contributed by atoms with van der Waals surface area (Å²) in [6.45, 7) is 0.474. The van der Waals surface area contributed by atoms with E-state index in [0.29, 0.717) is 6.54 Å². The van der Waals surface area contributed by atoms with E-state index in [1.807, 2.05) is 0 Å². The minimum atomic E-state index is -0.425. The van der Waals surface area contributed by atoms with Crippen LogP contribution >= 0.6 is 0 Å². The second-order valence-corrected chi connectivity index (χ2v) is 6.35. The van der Waals surface area contributed by atoms with E-state index in [4.69, 9.17) is 4.52 Å². The van der Waals surface area contributed by atoms with E-state index in [9.17, 15) is 14.3 Å². The number of amides is 1. The lowest BCUT2D eigenvalue weighted by molar-refractivity contribution is 0.0447. The lowest BCUT2D eigenvalue weighted by Gasteiger charge is -2.30. The van der Waals surface area contributed by atoms with Crippen molar-refractivity contribution < 1.29 is 18.8 Å². The quantitative estimate of drug-likeness (QED) is 0.934. The van der Waals surface area contributed by atoms with Gasteiger partial charge in [-0.25, -0.2) is 4.39 Å². The van der Waals surface area contributed by atoms with E-state index in [0.717, 1.165) is 25.7 Å². The minimum Gasteiger partial charge on any atom is -0.393 e. The van der Waals surface area contributed by atoms with Crippen molar-refractivity contribution in [1.82, 2.24) is 10.1 Å². The van der Waals surface area contributed by atoms with Crippen LogP contribution in [0.15, 0.2) is 34.9 Å². The number of benzene rings is 1. The van der Waals surface area contributed by atoms with Gasteiger partial charge in [-0.05, 0) is 25.0 Å². The molecule has 2 aromatic rings. The standard InChI is InChI=1S/C18H21FN2O3/c1-21(11-12-6-2-5-9-16(12)22)18(23)15-10-17(24-20-15)13-7-3-4-8-14(13)19/h3-4,7-8,10,12,16,22H,2,5-6,9,11H2,1H3. The molecule has 1 N–H and O–H groups in total. The first-order valence-corrected chi connectivity index (χ1v) is 8.21. The zero-order valence-corrected chi connectivity index (χ0v) is 13.6. The maximum absolute atomic E-state index is 13.8. The Morgan fingerprint density at radius 1 is 1.38 bits per heavy atom. The lowest BCUT2D eigenvalue weighted by Crippen LogP contribution is -2.38. The molecule has 1 fully saturated rings. The molecule has 0 bridgehead atoms. The van der Waals surface area contributed by atoms with Crippen molar-refractivity contribution in [3.63, 3.8) is 0 Å². The predicted octanol–water partition coefficient (Wildman–Crippen LogP) is 3.10. The van der Waals surface area contributed by atoms with Gasteiger partial charge >= 0.3 is 0 Å². The molecule has 0 radical (unpaired) electrons. The highest BCUT2D eigenvalue weighted by molar-refractivity contribution is 5.93. The summed E-state index contributed by atoms with van der Waals surface area (Å²) in [5.74, 6) is -0.404. The van der Waals surface area contributed by atoms with Crippen molar-refractivity contribution in [3.8, 4) is 11.3 Å². The van der Waals surface area contributed by atoms with Crippen LogP contribution in [0.25, 0.3) is 11.3 Å².